The van der Waals surface area contributed by atoms with Crippen molar-refractivity contribution in [2.24, 2.45) is 11.8 Å². The number of aliphatic hydroxyl groups excluding tert-OH is 1. The fourth-order valence-corrected chi connectivity index (χ4v) is 3.24. The molecule has 0 saturated heterocycles. The van der Waals surface area contributed by atoms with E-state index in [1.54, 1.807) is 0 Å². The normalized spacial score (nSPS) is 24.3. The summed E-state index contributed by atoms with van der Waals surface area (Å²) in [7, 11) is 1.50. The number of methoxy groups -OCH3 is 1. The van der Waals surface area contributed by atoms with Crippen molar-refractivity contribution in [3.8, 4) is 0 Å². The van der Waals surface area contributed by atoms with Crippen LogP contribution < -0.4 is 0 Å². The predicted molar refractivity (Wildman–Crippen MR) is 109 cm³/mol. The topological polar surface area (TPSA) is 46.5 Å². The van der Waals surface area contributed by atoms with E-state index in [1.807, 2.05) is 6.92 Å². The Morgan fingerprint density at radius 2 is 1.65 bits per heavy atom. The number of allylic oxidation sites excluding steroid dienone is 7. The van der Waals surface area contributed by atoms with Crippen LogP contribution in [0.1, 0.15) is 66.7 Å². The monoisotopic (exact) mass is 360 g/mol. The van der Waals surface area contributed by atoms with Crippen LogP contribution in [0.15, 0.2) is 46.8 Å². The molecular weight excluding hydrogens is 324 g/mol. The van der Waals surface area contributed by atoms with Crippen LogP contribution in [-0.4, -0.2) is 24.1 Å². The van der Waals surface area contributed by atoms with Crippen molar-refractivity contribution < 1.29 is 14.6 Å². The second-order valence-corrected chi connectivity index (χ2v) is 7.75. The molecule has 1 rings (SSSR count). The molecule has 3 nitrogen and oxygen atoms in total. The van der Waals surface area contributed by atoms with E-state index in [4.69, 9.17) is 4.74 Å². The van der Waals surface area contributed by atoms with E-state index < -0.39 is 6.10 Å². The summed E-state index contributed by atoms with van der Waals surface area (Å²) in [5.74, 6) is 0.140. The summed E-state index contributed by atoms with van der Waals surface area (Å²) in [4.78, 5) is 12.0. The molecule has 0 saturated carbocycles. The van der Waals surface area contributed by atoms with Gasteiger partial charge in [0, 0.05) is 17.9 Å². The second-order valence-electron chi connectivity index (χ2n) is 7.75. The average Bonchev–Trinajstić information content (AvgIpc) is 2.57. The van der Waals surface area contributed by atoms with E-state index in [9.17, 15) is 9.90 Å². The molecule has 0 bridgehead atoms. The molecule has 3 heteroatoms. The zero-order chi connectivity index (χ0) is 19.7. The molecule has 0 fully saturated rings. The summed E-state index contributed by atoms with van der Waals surface area (Å²) in [6, 6.07) is 0. The predicted octanol–water partition coefficient (Wildman–Crippen LogP) is 5.52. The van der Waals surface area contributed by atoms with Crippen molar-refractivity contribution in [1.29, 1.82) is 0 Å². The zero-order valence-corrected chi connectivity index (χ0v) is 17.3. The van der Waals surface area contributed by atoms with Crippen LogP contribution in [-0.2, 0) is 9.53 Å². The minimum absolute atomic E-state index is 0.0399. The first-order valence-electron chi connectivity index (χ1n) is 9.68. The van der Waals surface area contributed by atoms with Crippen molar-refractivity contribution in [3.63, 3.8) is 0 Å². The first-order chi connectivity index (χ1) is 12.3. The number of hydrogen-bond acceptors (Lipinski definition) is 3. The van der Waals surface area contributed by atoms with Crippen molar-refractivity contribution in [1.82, 2.24) is 0 Å². The van der Waals surface area contributed by atoms with Crippen molar-refractivity contribution in [2.75, 3.05) is 7.11 Å². The maximum absolute atomic E-state index is 12.0. The number of carbonyl (C=O) groups is 1. The Labute approximate surface area is 159 Å². The van der Waals surface area contributed by atoms with Gasteiger partial charge < -0.3 is 9.84 Å². The maximum Gasteiger partial charge on any atom is 0.162 e. The highest BCUT2D eigenvalue weighted by molar-refractivity contribution is 5.93. The molecule has 1 aliphatic rings. The molecule has 0 spiro atoms. The Morgan fingerprint density at radius 1 is 1.08 bits per heavy atom. The second kappa shape index (κ2) is 11.2. The van der Waals surface area contributed by atoms with Crippen LogP contribution in [0.3, 0.4) is 0 Å². The van der Waals surface area contributed by atoms with Crippen molar-refractivity contribution in [2.45, 2.75) is 72.8 Å². The largest absolute Gasteiger partial charge is 0.498 e. The summed E-state index contributed by atoms with van der Waals surface area (Å²) < 4.78 is 5.16. The molecule has 0 aromatic heterocycles. The molecule has 3 atom stereocenters. The number of hydrogen-bond donors (Lipinski definition) is 1. The third-order valence-electron chi connectivity index (χ3n) is 5.17. The minimum atomic E-state index is -0.700. The van der Waals surface area contributed by atoms with Gasteiger partial charge in [-0.25, -0.2) is 0 Å². The van der Waals surface area contributed by atoms with Crippen molar-refractivity contribution in [3.05, 3.63) is 46.8 Å². The van der Waals surface area contributed by atoms with Gasteiger partial charge in [-0.2, -0.15) is 0 Å². The van der Waals surface area contributed by atoms with E-state index in [0.717, 1.165) is 25.7 Å². The molecule has 0 heterocycles. The van der Waals surface area contributed by atoms with Gasteiger partial charge >= 0.3 is 0 Å². The Kier molecular flexibility index (Phi) is 9.64. The summed E-state index contributed by atoms with van der Waals surface area (Å²) in [5, 5.41) is 10.4. The summed E-state index contributed by atoms with van der Waals surface area (Å²) in [6.07, 6.45) is 12.5. The SMILES string of the molecule is COC1=CC(=O)C(C)C(C/C=C(\C)CC/C=C(\C)CCC=C(C)C)C1O. The van der Waals surface area contributed by atoms with Crippen LogP contribution in [0.4, 0.5) is 0 Å². The van der Waals surface area contributed by atoms with Crippen LogP contribution >= 0.6 is 0 Å². The van der Waals surface area contributed by atoms with Crippen LogP contribution in [0.25, 0.3) is 0 Å². The first-order valence-corrected chi connectivity index (χ1v) is 9.68. The molecular formula is C23H36O3. The van der Waals surface area contributed by atoms with Gasteiger partial charge in [-0.1, -0.05) is 41.9 Å². The lowest BCUT2D eigenvalue weighted by molar-refractivity contribution is -0.122. The number of rotatable bonds is 9. The Bertz CT molecular complexity index is 589. The number of ether oxygens (including phenoxy) is 1. The molecule has 1 aliphatic carbocycles. The van der Waals surface area contributed by atoms with Gasteiger partial charge in [-0.15, -0.1) is 0 Å². The van der Waals surface area contributed by atoms with Gasteiger partial charge in [-0.05, 0) is 59.8 Å². The van der Waals surface area contributed by atoms with Gasteiger partial charge in [0.25, 0.3) is 0 Å². The molecule has 0 amide bonds. The first kappa shape index (κ1) is 22.4. The van der Waals surface area contributed by atoms with Crippen molar-refractivity contribution >= 4 is 5.78 Å². The lowest BCUT2D eigenvalue weighted by Gasteiger charge is -2.31. The third kappa shape index (κ3) is 7.33. The third-order valence-corrected chi connectivity index (χ3v) is 5.17. The van der Waals surface area contributed by atoms with Crippen LogP contribution in [0.5, 0.6) is 0 Å². The van der Waals surface area contributed by atoms with Crippen LogP contribution in [0, 0.1) is 11.8 Å². The maximum atomic E-state index is 12.0. The van der Waals surface area contributed by atoms with Gasteiger partial charge in [0.2, 0.25) is 0 Å². The Hall–Kier alpha value is -1.61. The average molecular weight is 361 g/mol. The van der Waals surface area contributed by atoms with Crippen LogP contribution in [0.2, 0.25) is 0 Å². The summed E-state index contributed by atoms with van der Waals surface area (Å²) >= 11 is 0. The Morgan fingerprint density at radius 3 is 2.23 bits per heavy atom. The van der Waals surface area contributed by atoms with E-state index in [-0.39, 0.29) is 17.6 Å². The highest BCUT2D eigenvalue weighted by Crippen LogP contribution is 2.31. The molecule has 0 aliphatic heterocycles. The molecule has 26 heavy (non-hydrogen) atoms. The summed E-state index contributed by atoms with van der Waals surface area (Å²) in [6.45, 7) is 10.5. The lowest BCUT2D eigenvalue weighted by Crippen LogP contribution is -2.36. The highest BCUT2D eigenvalue weighted by atomic mass is 16.5. The number of carbonyl (C=O) groups excluding carboxylic acids is 1. The molecule has 0 radical (unpaired) electrons. The highest BCUT2D eigenvalue weighted by Gasteiger charge is 2.36. The van der Waals surface area contributed by atoms with Gasteiger partial charge in [0.1, 0.15) is 11.9 Å². The van der Waals surface area contributed by atoms with E-state index >= 15 is 0 Å². The minimum Gasteiger partial charge on any atom is -0.498 e. The zero-order valence-electron chi connectivity index (χ0n) is 17.3. The van der Waals surface area contributed by atoms with Gasteiger partial charge in [0.15, 0.2) is 5.78 Å². The molecule has 1 N–H and O–H groups in total. The molecule has 0 aromatic rings. The fourth-order valence-electron chi connectivity index (χ4n) is 3.24. The fraction of sp³-hybridized carbons (Fsp3) is 0.609. The van der Waals surface area contributed by atoms with E-state index in [1.165, 1.54) is 29.9 Å². The van der Waals surface area contributed by atoms with Gasteiger partial charge in [-0.3, -0.25) is 4.79 Å². The molecule has 3 unspecified atom stereocenters. The Balaban J connectivity index is 2.51. The smallest absolute Gasteiger partial charge is 0.162 e. The van der Waals surface area contributed by atoms with E-state index in [2.05, 4.69) is 45.9 Å². The quantitative estimate of drug-likeness (QED) is 0.551. The van der Waals surface area contributed by atoms with E-state index in [0.29, 0.717) is 12.2 Å². The van der Waals surface area contributed by atoms with Gasteiger partial charge in [0.05, 0.1) is 7.11 Å². The standard InChI is InChI=1S/C23H36O3/c1-16(2)9-7-10-17(3)11-8-12-18(4)13-14-20-19(5)21(24)15-22(26-6)23(20)25/h9,11,13,15,19-20,23,25H,7-8,10,12,14H2,1-6H3/b17-11+,18-13+. The molecule has 0 aromatic carbocycles. The lowest BCUT2D eigenvalue weighted by atomic mass is 9.78. The molecule has 146 valence electrons. The summed E-state index contributed by atoms with van der Waals surface area (Å²) in [5.41, 5.74) is 4.12. The number of aliphatic hydroxyl groups is 1. The number of ketones is 1.